The molecule has 0 saturated heterocycles. The lowest BCUT2D eigenvalue weighted by Gasteiger charge is -2.17. The SMILES string of the molecule is CC(Oc1ccc(Cl)cc1Br)C(=O)Nc1ccccc1OC(F)F. The van der Waals surface area contributed by atoms with Gasteiger partial charge in [0, 0.05) is 5.02 Å². The van der Waals surface area contributed by atoms with E-state index in [1.54, 1.807) is 24.3 Å². The number of hydrogen-bond donors (Lipinski definition) is 1. The normalized spacial score (nSPS) is 11.9. The van der Waals surface area contributed by atoms with Crippen molar-refractivity contribution in [2.45, 2.75) is 19.6 Å². The molecule has 8 heteroatoms. The maximum Gasteiger partial charge on any atom is 0.387 e. The highest BCUT2D eigenvalue weighted by molar-refractivity contribution is 9.10. The summed E-state index contributed by atoms with van der Waals surface area (Å²) in [4.78, 5) is 12.2. The second-order valence-corrected chi connectivity index (χ2v) is 5.99. The third-order valence-corrected chi connectivity index (χ3v) is 3.78. The molecule has 1 N–H and O–H groups in total. The molecule has 0 radical (unpaired) electrons. The van der Waals surface area contributed by atoms with E-state index < -0.39 is 18.6 Å². The first-order chi connectivity index (χ1) is 11.4. The third-order valence-electron chi connectivity index (χ3n) is 2.93. The number of carbonyl (C=O) groups excluding carboxylic acids is 1. The molecular weight excluding hydrogens is 408 g/mol. The molecule has 0 aliphatic rings. The molecule has 2 aromatic carbocycles. The van der Waals surface area contributed by atoms with E-state index in [0.717, 1.165) is 0 Å². The number of anilines is 1. The average molecular weight is 421 g/mol. The van der Waals surface area contributed by atoms with Gasteiger partial charge in [0.1, 0.15) is 11.5 Å². The Morgan fingerprint density at radius 2 is 1.88 bits per heavy atom. The third kappa shape index (κ3) is 5.07. The quantitative estimate of drug-likeness (QED) is 0.706. The van der Waals surface area contributed by atoms with Crippen LogP contribution in [0.3, 0.4) is 0 Å². The lowest BCUT2D eigenvalue weighted by molar-refractivity contribution is -0.122. The molecular formula is C16H13BrClF2NO3. The molecule has 0 aliphatic carbocycles. The van der Waals surface area contributed by atoms with Crippen molar-refractivity contribution in [2.75, 3.05) is 5.32 Å². The highest BCUT2D eigenvalue weighted by Crippen LogP contribution is 2.29. The van der Waals surface area contributed by atoms with E-state index in [2.05, 4.69) is 26.0 Å². The standard InChI is InChI=1S/C16H13BrClF2NO3/c1-9(23-13-7-6-10(18)8-11(13)17)15(22)21-12-4-2-3-5-14(12)24-16(19)20/h2-9,16H,1H3,(H,21,22). The van der Waals surface area contributed by atoms with Crippen molar-refractivity contribution in [1.29, 1.82) is 0 Å². The number of ether oxygens (including phenoxy) is 2. The van der Waals surface area contributed by atoms with Gasteiger partial charge < -0.3 is 14.8 Å². The van der Waals surface area contributed by atoms with Crippen LogP contribution in [0.25, 0.3) is 0 Å². The molecule has 128 valence electrons. The van der Waals surface area contributed by atoms with E-state index >= 15 is 0 Å². The zero-order valence-corrected chi connectivity index (χ0v) is 14.8. The summed E-state index contributed by atoms with van der Waals surface area (Å²) in [6, 6.07) is 10.8. The number of nitrogens with one attached hydrogen (secondary N) is 1. The van der Waals surface area contributed by atoms with Crippen LogP contribution in [0.5, 0.6) is 11.5 Å². The topological polar surface area (TPSA) is 47.6 Å². The molecule has 2 rings (SSSR count). The van der Waals surface area contributed by atoms with Crippen molar-refractivity contribution >= 4 is 39.1 Å². The van der Waals surface area contributed by atoms with E-state index in [1.807, 2.05) is 0 Å². The summed E-state index contributed by atoms with van der Waals surface area (Å²) in [6.45, 7) is -1.45. The number of benzene rings is 2. The summed E-state index contributed by atoms with van der Waals surface area (Å²) in [5, 5.41) is 3.02. The molecule has 1 atom stereocenters. The molecule has 2 aromatic rings. The zero-order chi connectivity index (χ0) is 17.7. The summed E-state index contributed by atoms with van der Waals surface area (Å²) >= 11 is 9.13. The van der Waals surface area contributed by atoms with E-state index in [4.69, 9.17) is 16.3 Å². The predicted molar refractivity (Wildman–Crippen MR) is 90.9 cm³/mol. The number of hydrogen-bond acceptors (Lipinski definition) is 3. The van der Waals surface area contributed by atoms with Crippen molar-refractivity contribution in [2.24, 2.45) is 0 Å². The zero-order valence-electron chi connectivity index (χ0n) is 12.4. The number of para-hydroxylation sites is 2. The van der Waals surface area contributed by atoms with Crippen molar-refractivity contribution in [3.8, 4) is 11.5 Å². The predicted octanol–water partition coefficient (Wildman–Crippen LogP) is 5.11. The molecule has 0 saturated carbocycles. The van der Waals surface area contributed by atoms with Gasteiger partial charge in [-0.3, -0.25) is 4.79 Å². The molecule has 1 unspecified atom stereocenters. The van der Waals surface area contributed by atoms with E-state index in [-0.39, 0.29) is 11.4 Å². The van der Waals surface area contributed by atoms with Crippen molar-refractivity contribution < 1.29 is 23.0 Å². The van der Waals surface area contributed by atoms with Crippen LogP contribution in [0.15, 0.2) is 46.9 Å². The van der Waals surface area contributed by atoms with Gasteiger partial charge in [0.05, 0.1) is 10.2 Å². The number of alkyl halides is 2. The van der Waals surface area contributed by atoms with E-state index in [0.29, 0.717) is 15.2 Å². The number of amides is 1. The Hall–Kier alpha value is -1.86. The minimum atomic E-state index is -2.98. The number of halogens is 4. The van der Waals surface area contributed by atoms with Gasteiger partial charge >= 0.3 is 6.61 Å². The van der Waals surface area contributed by atoms with Crippen LogP contribution in [0.4, 0.5) is 14.5 Å². The first-order valence-corrected chi connectivity index (χ1v) is 8.00. The molecule has 0 aromatic heterocycles. The molecule has 1 amide bonds. The summed E-state index contributed by atoms with van der Waals surface area (Å²) < 4.78 is 35.3. The van der Waals surface area contributed by atoms with Crippen molar-refractivity contribution in [1.82, 2.24) is 0 Å². The fraction of sp³-hybridized carbons (Fsp3) is 0.188. The lowest BCUT2D eigenvalue weighted by atomic mass is 10.2. The minimum Gasteiger partial charge on any atom is -0.480 e. The molecule has 0 bridgehead atoms. The number of rotatable bonds is 6. The molecule has 4 nitrogen and oxygen atoms in total. The smallest absolute Gasteiger partial charge is 0.387 e. The van der Waals surface area contributed by atoms with Gasteiger partial charge in [-0.25, -0.2) is 0 Å². The van der Waals surface area contributed by atoms with Gasteiger partial charge in [-0.15, -0.1) is 0 Å². The summed E-state index contributed by atoms with van der Waals surface area (Å²) in [5.41, 5.74) is 0.133. The first kappa shape index (κ1) is 18.5. The lowest BCUT2D eigenvalue weighted by Crippen LogP contribution is -2.30. The van der Waals surface area contributed by atoms with Crippen molar-refractivity contribution in [3.05, 3.63) is 52.0 Å². The fourth-order valence-electron chi connectivity index (χ4n) is 1.82. The van der Waals surface area contributed by atoms with Gasteiger partial charge in [0.25, 0.3) is 5.91 Å². The Balaban J connectivity index is 2.06. The van der Waals surface area contributed by atoms with Crippen LogP contribution >= 0.6 is 27.5 Å². The summed E-state index contributed by atoms with van der Waals surface area (Å²) in [6.07, 6.45) is -0.873. The average Bonchev–Trinajstić information content (AvgIpc) is 2.51. The fourth-order valence-corrected chi connectivity index (χ4v) is 2.59. The van der Waals surface area contributed by atoms with E-state index in [9.17, 15) is 13.6 Å². The highest BCUT2D eigenvalue weighted by atomic mass is 79.9. The molecule has 0 heterocycles. The van der Waals surface area contributed by atoms with Crippen LogP contribution in [-0.2, 0) is 4.79 Å². The molecule has 24 heavy (non-hydrogen) atoms. The minimum absolute atomic E-state index is 0.124. The maximum absolute atomic E-state index is 12.4. The van der Waals surface area contributed by atoms with Gasteiger partial charge in [-0.2, -0.15) is 8.78 Å². The van der Waals surface area contributed by atoms with Crippen LogP contribution in [0.2, 0.25) is 5.02 Å². The molecule has 0 aliphatic heterocycles. The second kappa shape index (κ2) is 8.30. The van der Waals surface area contributed by atoms with Gasteiger partial charge in [0.2, 0.25) is 0 Å². The van der Waals surface area contributed by atoms with Crippen LogP contribution in [-0.4, -0.2) is 18.6 Å². The highest BCUT2D eigenvalue weighted by Gasteiger charge is 2.18. The monoisotopic (exact) mass is 419 g/mol. The summed E-state index contributed by atoms with van der Waals surface area (Å²) in [7, 11) is 0. The van der Waals surface area contributed by atoms with Crippen LogP contribution in [0, 0.1) is 0 Å². The Kier molecular flexibility index (Phi) is 6.39. The van der Waals surface area contributed by atoms with Crippen LogP contribution in [0.1, 0.15) is 6.92 Å². The van der Waals surface area contributed by atoms with Crippen LogP contribution < -0.4 is 14.8 Å². The summed E-state index contributed by atoms with van der Waals surface area (Å²) in [5.74, 6) is -0.206. The Bertz CT molecular complexity index is 730. The second-order valence-electron chi connectivity index (χ2n) is 4.70. The Morgan fingerprint density at radius 1 is 1.17 bits per heavy atom. The maximum atomic E-state index is 12.4. The largest absolute Gasteiger partial charge is 0.480 e. The van der Waals surface area contributed by atoms with Crippen molar-refractivity contribution in [3.63, 3.8) is 0 Å². The number of carbonyl (C=O) groups is 1. The van der Waals surface area contributed by atoms with E-state index in [1.165, 1.54) is 25.1 Å². The first-order valence-electron chi connectivity index (χ1n) is 6.83. The van der Waals surface area contributed by atoms with Gasteiger partial charge in [0.15, 0.2) is 6.10 Å². The Labute approximate surface area is 150 Å². The Morgan fingerprint density at radius 3 is 2.54 bits per heavy atom. The molecule has 0 fully saturated rings. The van der Waals surface area contributed by atoms with Gasteiger partial charge in [-0.1, -0.05) is 23.7 Å². The van der Waals surface area contributed by atoms with Gasteiger partial charge in [-0.05, 0) is 53.2 Å². The molecule has 0 spiro atoms.